The Bertz CT molecular complexity index is 986. The Balaban J connectivity index is 1.82. The third-order valence-electron chi connectivity index (χ3n) is 7.41. The van der Waals surface area contributed by atoms with Crippen molar-refractivity contribution in [3.05, 3.63) is 50.9 Å². The van der Waals surface area contributed by atoms with E-state index >= 15 is 0 Å². The maximum atomic E-state index is 12.7. The second-order valence-electron chi connectivity index (χ2n) is 9.46. The quantitative estimate of drug-likeness (QED) is 0.349. The van der Waals surface area contributed by atoms with Crippen LogP contribution < -0.4 is 5.32 Å². The van der Waals surface area contributed by atoms with E-state index in [1.54, 1.807) is 11.3 Å². The van der Waals surface area contributed by atoms with Gasteiger partial charge in [0.1, 0.15) is 11.1 Å². The third kappa shape index (κ3) is 6.42. The van der Waals surface area contributed by atoms with Crippen LogP contribution in [0.2, 0.25) is 5.02 Å². The predicted octanol–water partition coefficient (Wildman–Crippen LogP) is 7.44. The van der Waals surface area contributed by atoms with E-state index in [9.17, 15) is 10.1 Å². The third-order valence-corrected chi connectivity index (χ3v) is 8.83. The van der Waals surface area contributed by atoms with Crippen LogP contribution >= 0.6 is 22.9 Å². The lowest BCUT2D eigenvalue weighted by Gasteiger charge is -2.36. The highest BCUT2D eigenvalue weighted by Gasteiger charge is 2.31. The molecular weight excluding hydrogens is 462 g/mol. The number of carbonyl (C=O) groups is 1. The van der Waals surface area contributed by atoms with Gasteiger partial charge in [-0.1, -0.05) is 64.3 Å². The first-order valence-corrected chi connectivity index (χ1v) is 14.0. The van der Waals surface area contributed by atoms with Crippen LogP contribution in [0.4, 0.5) is 5.00 Å². The molecule has 0 saturated carbocycles. The van der Waals surface area contributed by atoms with Gasteiger partial charge in [0.15, 0.2) is 0 Å². The Morgan fingerprint density at radius 2 is 1.85 bits per heavy atom. The molecule has 0 saturated heterocycles. The maximum Gasteiger partial charge on any atom is 0.228 e. The molecule has 4 nitrogen and oxygen atoms in total. The van der Waals surface area contributed by atoms with E-state index in [1.165, 1.54) is 23.3 Å². The number of nitrogens with zero attached hydrogens (tertiary/aromatic N) is 2. The molecule has 34 heavy (non-hydrogen) atoms. The summed E-state index contributed by atoms with van der Waals surface area (Å²) in [6.07, 6.45) is 6.83. The van der Waals surface area contributed by atoms with E-state index in [0.717, 1.165) is 60.8 Å². The van der Waals surface area contributed by atoms with E-state index in [2.05, 4.69) is 42.3 Å². The van der Waals surface area contributed by atoms with Gasteiger partial charge in [-0.15, -0.1) is 11.3 Å². The maximum absolute atomic E-state index is 12.7. The number of hydrogen-bond acceptors (Lipinski definition) is 4. The molecule has 3 rings (SSSR count). The average molecular weight is 500 g/mol. The number of hydrogen-bond donors (Lipinski definition) is 1. The van der Waals surface area contributed by atoms with Crippen molar-refractivity contribution in [1.82, 2.24) is 4.90 Å². The molecule has 1 N–H and O–H groups in total. The van der Waals surface area contributed by atoms with Crippen molar-refractivity contribution >= 4 is 33.8 Å². The zero-order chi connectivity index (χ0) is 24.7. The highest BCUT2D eigenvalue weighted by Crippen LogP contribution is 2.39. The second kappa shape index (κ2) is 12.7. The molecule has 1 unspecified atom stereocenters. The van der Waals surface area contributed by atoms with E-state index in [0.29, 0.717) is 17.5 Å². The molecule has 0 aliphatic heterocycles. The molecule has 1 amide bonds. The summed E-state index contributed by atoms with van der Waals surface area (Å²) in [6.45, 7) is 10.6. The van der Waals surface area contributed by atoms with Crippen molar-refractivity contribution in [2.75, 3.05) is 11.9 Å². The highest BCUT2D eigenvalue weighted by molar-refractivity contribution is 7.16. The van der Waals surface area contributed by atoms with Crippen molar-refractivity contribution in [1.29, 1.82) is 5.26 Å². The van der Waals surface area contributed by atoms with E-state index in [-0.39, 0.29) is 11.8 Å². The lowest BCUT2D eigenvalue weighted by molar-refractivity contribution is -0.120. The molecule has 1 heterocycles. The Labute approximate surface area is 214 Å². The van der Waals surface area contributed by atoms with Crippen molar-refractivity contribution < 1.29 is 4.79 Å². The van der Waals surface area contributed by atoms with E-state index in [1.807, 2.05) is 26.0 Å². The zero-order valence-electron chi connectivity index (χ0n) is 21.0. The van der Waals surface area contributed by atoms with Crippen LogP contribution in [0, 0.1) is 23.2 Å². The van der Waals surface area contributed by atoms with Crippen LogP contribution in [-0.4, -0.2) is 23.4 Å². The molecule has 184 valence electrons. The number of nitriles is 1. The zero-order valence-corrected chi connectivity index (χ0v) is 22.6. The summed E-state index contributed by atoms with van der Waals surface area (Å²) in [5, 5.41) is 14.5. The molecule has 0 radical (unpaired) electrons. The molecule has 0 spiro atoms. The molecule has 0 fully saturated rings. The van der Waals surface area contributed by atoms with Crippen LogP contribution in [0.15, 0.2) is 24.3 Å². The van der Waals surface area contributed by atoms with Crippen molar-refractivity contribution in [2.45, 2.75) is 85.2 Å². The molecule has 1 aliphatic carbocycles. The van der Waals surface area contributed by atoms with Gasteiger partial charge in [-0.25, -0.2) is 0 Å². The minimum absolute atomic E-state index is 0.00620. The molecule has 6 heteroatoms. The fraction of sp³-hybridized carbons (Fsp3) is 0.571. The molecule has 1 atom stereocenters. The molecule has 2 aromatic rings. The number of anilines is 1. The first kappa shape index (κ1) is 26.7. The number of carbonyl (C=O) groups excluding carboxylic acids is 1. The summed E-state index contributed by atoms with van der Waals surface area (Å²) in [5.41, 5.74) is 3.11. The molecular formula is C28H38ClN3OS. The topological polar surface area (TPSA) is 56.1 Å². The SMILES string of the molecule is CCC(CC)CN(Cc1ccc(Cl)cc1)C1CCc2c(sc(NC(=O)C(CC)CC)c2C#N)C1. The van der Waals surface area contributed by atoms with Crippen molar-refractivity contribution in [3.8, 4) is 6.07 Å². The summed E-state index contributed by atoms with van der Waals surface area (Å²) in [5.74, 6) is 0.699. The normalized spacial score (nSPS) is 15.6. The summed E-state index contributed by atoms with van der Waals surface area (Å²) in [7, 11) is 0. The van der Waals surface area contributed by atoms with E-state index < -0.39 is 0 Å². The Kier molecular flexibility index (Phi) is 10.0. The van der Waals surface area contributed by atoms with Gasteiger partial charge in [-0.2, -0.15) is 5.26 Å². The minimum Gasteiger partial charge on any atom is -0.316 e. The molecule has 1 aliphatic rings. The Hall–Kier alpha value is -1.87. The number of amides is 1. The van der Waals surface area contributed by atoms with Crippen molar-refractivity contribution in [3.63, 3.8) is 0 Å². The number of halogens is 1. The van der Waals surface area contributed by atoms with Gasteiger partial charge in [0.05, 0.1) is 5.56 Å². The van der Waals surface area contributed by atoms with Gasteiger partial charge in [0.2, 0.25) is 5.91 Å². The summed E-state index contributed by atoms with van der Waals surface area (Å²) in [4.78, 5) is 16.6. The molecule has 1 aromatic heterocycles. The smallest absolute Gasteiger partial charge is 0.228 e. The van der Waals surface area contributed by atoms with Crippen LogP contribution in [0.3, 0.4) is 0 Å². The largest absolute Gasteiger partial charge is 0.316 e. The van der Waals surface area contributed by atoms with Gasteiger partial charge in [0, 0.05) is 34.9 Å². The van der Waals surface area contributed by atoms with Crippen LogP contribution in [0.25, 0.3) is 0 Å². The van der Waals surface area contributed by atoms with Crippen LogP contribution in [-0.2, 0) is 24.2 Å². The number of thiophene rings is 1. The monoisotopic (exact) mass is 499 g/mol. The highest BCUT2D eigenvalue weighted by atomic mass is 35.5. The summed E-state index contributed by atoms with van der Waals surface area (Å²) in [6, 6.07) is 11.0. The van der Waals surface area contributed by atoms with Crippen molar-refractivity contribution in [2.24, 2.45) is 11.8 Å². The molecule has 0 bridgehead atoms. The average Bonchev–Trinajstić information content (AvgIpc) is 3.19. The standard InChI is InChI=1S/C28H38ClN3OS/c1-5-19(6-2)17-32(18-20-9-11-22(29)12-10-20)23-13-14-24-25(16-30)28(34-26(24)15-23)31-27(33)21(7-3)8-4/h9-12,19,21,23H,5-8,13-15,17-18H2,1-4H3,(H,31,33). The number of fused-ring (bicyclic) bond motifs is 1. The molecule has 1 aromatic carbocycles. The number of benzene rings is 1. The van der Waals surface area contributed by atoms with Crippen LogP contribution in [0.5, 0.6) is 0 Å². The lowest BCUT2D eigenvalue weighted by Crippen LogP contribution is -2.41. The fourth-order valence-corrected chi connectivity index (χ4v) is 6.40. The summed E-state index contributed by atoms with van der Waals surface area (Å²) < 4.78 is 0. The van der Waals surface area contributed by atoms with Gasteiger partial charge in [-0.05, 0) is 61.3 Å². The van der Waals surface area contributed by atoms with Crippen LogP contribution in [0.1, 0.15) is 81.4 Å². The minimum atomic E-state index is -0.00620. The predicted molar refractivity (Wildman–Crippen MR) is 143 cm³/mol. The first-order valence-electron chi connectivity index (χ1n) is 12.8. The lowest BCUT2D eigenvalue weighted by atomic mass is 9.89. The summed E-state index contributed by atoms with van der Waals surface area (Å²) >= 11 is 7.73. The van der Waals surface area contributed by atoms with Gasteiger partial charge < -0.3 is 5.32 Å². The van der Waals surface area contributed by atoms with Gasteiger partial charge in [0.25, 0.3) is 0 Å². The number of nitrogens with one attached hydrogen (secondary N) is 1. The van der Waals surface area contributed by atoms with Gasteiger partial charge in [-0.3, -0.25) is 9.69 Å². The second-order valence-corrected chi connectivity index (χ2v) is 11.0. The Morgan fingerprint density at radius 1 is 1.18 bits per heavy atom. The Morgan fingerprint density at radius 3 is 2.44 bits per heavy atom. The fourth-order valence-electron chi connectivity index (χ4n) is 5.01. The van der Waals surface area contributed by atoms with E-state index in [4.69, 9.17) is 11.6 Å². The first-order chi connectivity index (χ1) is 16.4. The number of rotatable bonds is 11. The van der Waals surface area contributed by atoms with Gasteiger partial charge >= 0.3 is 0 Å².